The smallest absolute Gasteiger partial charge is 0.282 e. The quantitative estimate of drug-likeness (QED) is 0.267. The Balaban J connectivity index is 1.48. The van der Waals surface area contributed by atoms with Crippen LogP contribution in [0, 0.1) is 17.0 Å². The molecule has 0 saturated carbocycles. The van der Waals surface area contributed by atoms with Crippen molar-refractivity contribution in [2.45, 2.75) is 6.92 Å². The van der Waals surface area contributed by atoms with Crippen molar-refractivity contribution in [3.05, 3.63) is 93.5 Å². The van der Waals surface area contributed by atoms with E-state index in [0.717, 1.165) is 11.1 Å². The van der Waals surface area contributed by atoms with Gasteiger partial charge in [-0.05, 0) is 30.7 Å². The van der Waals surface area contributed by atoms with E-state index in [-0.39, 0.29) is 18.0 Å². The average molecular weight is 454 g/mol. The molecule has 1 aliphatic rings. The van der Waals surface area contributed by atoms with Crippen LogP contribution in [0.2, 0.25) is 0 Å². The van der Waals surface area contributed by atoms with E-state index in [9.17, 15) is 14.9 Å². The number of ether oxygens (including phenoxy) is 2. The lowest BCUT2D eigenvalue weighted by molar-refractivity contribution is -0.385. The van der Waals surface area contributed by atoms with Gasteiger partial charge in [0.2, 0.25) is 6.79 Å². The molecular formula is C25H18N4O5. The van der Waals surface area contributed by atoms with Crippen LogP contribution in [0.5, 0.6) is 11.5 Å². The van der Waals surface area contributed by atoms with Crippen LogP contribution in [0.1, 0.15) is 21.5 Å². The zero-order valence-corrected chi connectivity index (χ0v) is 18.0. The van der Waals surface area contributed by atoms with Crippen LogP contribution in [0.3, 0.4) is 0 Å². The molecule has 0 unspecified atom stereocenters. The summed E-state index contributed by atoms with van der Waals surface area (Å²) in [4.78, 5) is 28.7. The number of pyridine rings is 1. The van der Waals surface area contributed by atoms with Gasteiger partial charge >= 0.3 is 0 Å². The predicted octanol–water partition coefficient (Wildman–Crippen LogP) is 4.61. The summed E-state index contributed by atoms with van der Waals surface area (Å²) in [5.41, 5.74) is 6.12. The summed E-state index contributed by atoms with van der Waals surface area (Å²) in [6, 6.07) is 19.6. The number of amides is 1. The van der Waals surface area contributed by atoms with Crippen molar-refractivity contribution in [1.82, 2.24) is 10.4 Å². The topological polar surface area (TPSA) is 116 Å². The number of nitro benzene ring substituents is 1. The number of aryl methyl sites for hydroxylation is 1. The minimum atomic E-state index is -0.546. The van der Waals surface area contributed by atoms with Crippen LogP contribution >= 0.6 is 0 Å². The Kier molecular flexibility index (Phi) is 5.35. The highest BCUT2D eigenvalue weighted by atomic mass is 16.7. The number of rotatable bonds is 5. The number of nitro groups is 1. The van der Waals surface area contributed by atoms with Gasteiger partial charge in [-0.1, -0.05) is 42.5 Å². The molecule has 9 nitrogen and oxygen atoms in total. The summed E-state index contributed by atoms with van der Waals surface area (Å²) in [6.45, 7) is 1.97. The van der Waals surface area contributed by atoms with Crippen molar-refractivity contribution < 1.29 is 19.2 Å². The summed E-state index contributed by atoms with van der Waals surface area (Å²) < 4.78 is 10.5. The van der Waals surface area contributed by atoms with Gasteiger partial charge in [-0.2, -0.15) is 5.10 Å². The number of nitrogens with one attached hydrogen (secondary N) is 1. The maximum atomic E-state index is 13.1. The monoisotopic (exact) mass is 454 g/mol. The maximum Gasteiger partial charge on any atom is 0.282 e. The number of benzene rings is 3. The Morgan fingerprint density at radius 1 is 1.09 bits per heavy atom. The van der Waals surface area contributed by atoms with E-state index in [1.165, 1.54) is 18.3 Å². The third-order valence-corrected chi connectivity index (χ3v) is 5.47. The maximum absolute atomic E-state index is 13.1. The molecule has 0 saturated heterocycles. The van der Waals surface area contributed by atoms with E-state index in [1.807, 2.05) is 55.5 Å². The Morgan fingerprint density at radius 3 is 2.62 bits per heavy atom. The Labute approximate surface area is 193 Å². The highest BCUT2D eigenvalue weighted by molar-refractivity contribution is 6.07. The molecule has 4 aromatic rings. The summed E-state index contributed by atoms with van der Waals surface area (Å²) >= 11 is 0. The average Bonchev–Trinajstić information content (AvgIpc) is 3.30. The molecule has 2 heterocycles. The highest BCUT2D eigenvalue weighted by Crippen LogP contribution is 2.37. The largest absolute Gasteiger partial charge is 0.454 e. The fourth-order valence-electron chi connectivity index (χ4n) is 3.79. The Bertz CT molecular complexity index is 1480. The first-order valence-corrected chi connectivity index (χ1v) is 10.4. The molecule has 34 heavy (non-hydrogen) atoms. The van der Waals surface area contributed by atoms with Crippen molar-refractivity contribution in [3.63, 3.8) is 0 Å². The summed E-state index contributed by atoms with van der Waals surface area (Å²) in [5, 5.41) is 16.1. The third kappa shape index (κ3) is 3.90. The number of hydrazone groups is 1. The zero-order chi connectivity index (χ0) is 23.7. The molecule has 0 fully saturated rings. The second-order valence-corrected chi connectivity index (χ2v) is 7.61. The first kappa shape index (κ1) is 21.1. The predicted molar refractivity (Wildman–Crippen MR) is 126 cm³/mol. The molecule has 3 aromatic carbocycles. The van der Waals surface area contributed by atoms with Crippen molar-refractivity contribution >= 4 is 28.7 Å². The lowest BCUT2D eigenvalue weighted by atomic mass is 10.0. The minimum Gasteiger partial charge on any atom is -0.454 e. The van der Waals surface area contributed by atoms with Crippen LogP contribution < -0.4 is 14.9 Å². The van der Waals surface area contributed by atoms with Crippen molar-refractivity contribution in [2.75, 3.05) is 6.79 Å². The van der Waals surface area contributed by atoms with Crippen molar-refractivity contribution in [2.24, 2.45) is 5.10 Å². The number of para-hydroxylation sites is 1. The number of hydrogen-bond acceptors (Lipinski definition) is 7. The molecule has 0 spiro atoms. The molecule has 0 aliphatic carbocycles. The fraction of sp³-hybridized carbons (Fsp3) is 0.0800. The van der Waals surface area contributed by atoms with Crippen LogP contribution in [-0.2, 0) is 0 Å². The Morgan fingerprint density at radius 2 is 1.82 bits per heavy atom. The van der Waals surface area contributed by atoms with Gasteiger partial charge in [-0.3, -0.25) is 14.9 Å². The molecule has 1 amide bonds. The number of carbonyl (C=O) groups is 1. The van der Waals surface area contributed by atoms with E-state index in [2.05, 4.69) is 10.5 Å². The molecular weight excluding hydrogens is 436 g/mol. The normalized spacial score (nSPS) is 12.3. The molecule has 9 heteroatoms. The second kappa shape index (κ2) is 8.62. The van der Waals surface area contributed by atoms with Gasteiger partial charge in [-0.25, -0.2) is 10.4 Å². The number of carbonyl (C=O) groups excluding carboxylic acids is 1. The van der Waals surface area contributed by atoms with Crippen LogP contribution in [0.4, 0.5) is 5.69 Å². The molecule has 0 radical (unpaired) electrons. The van der Waals surface area contributed by atoms with Gasteiger partial charge in [0.1, 0.15) is 0 Å². The number of nitrogens with zero attached hydrogens (tertiary/aromatic N) is 3. The lowest BCUT2D eigenvalue weighted by Crippen LogP contribution is -2.18. The van der Waals surface area contributed by atoms with Gasteiger partial charge in [0.05, 0.1) is 39.5 Å². The molecule has 0 atom stereocenters. The standard InChI is InChI=1S/C25H18N4O5/c1-15-6-2-3-7-17(15)21-11-19(18-8-4-5-9-20(18)27-21)25(30)28-26-13-16-10-23-24(34-14-33-23)12-22(16)29(31)32/h2-13H,14H2,1H3,(H,28,30)/b26-13-. The molecule has 1 N–H and O–H groups in total. The van der Waals surface area contributed by atoms with Gasteiger partial charge in [0, 0.05) is 10.9 Å². The number of fused-ring (bicyclic) bond motifs is 2. The van der Waals surface area contributed by atoms with E-state index in [0.29, 0.717) is 33.7 Å². The highest BCUT2D eigenvalue weighted by Gasteiger charge is 2.22. The number of aromatic nitrogens is 1. The molecule has 168 valence electrons. The zero-order valence-electron chi connectivity index (χ0n) is 18.0. The van der Waals surface area contributed by atoms with Crippen LogP contribution in [0.15, 0.2) is 71.8 Å². The summed E-state index contributed by atoms with van der Waals surface area (Å²) in [6.07, 6.45) is 1.21. The molecule has 1 aliphatic heterocycles. The summed E-state index contributed by atoms with van der Waals surface area (Å²) in [7, 11) is 0. The first-order chi connectivity index (χ1) is 16.5. The SMILES string of the molecule is Cc1ccccc1-c1cc(C(=O)N/N=C\c2cc3c(cc2[N+](=O)[O-])OCO3)c2ccccc2n1. The van der Waals surface area contributed by atoms with Crippen LogP contribution in [0.25, 0.3) is 22.2 Å². The molecule has 0 bridgehead atoms. The lowest BCUT2D eigenvalue weighted by Gasteiger charge is -2.10. The van der Waals surface area contributed by atoms with E-state index >= 15 is 0 Å². The summed E-state index contributed by atoms with van der Waals surface area (Å²) in [5.74, 6) is 0.203. The van der Waals surface area contributed by atoms with Gasteiger partial charge < -0.3 is 9.47 Å². The Hall–Kier alpha value is -4.79. The first-order valence-electron chi connectivity index (χ1n) is 10.4. The van der Waals surface area contributed by atoms with E-state index < -0.39 is 10.8 Å². The van der Waals surface area contributed by atoms with Crippen molar-refractivity contribution in [1.29, 1.82) is 0 Å². The van der Waals surface area contributed by atoms with Gasteiger partial charge in [-0.15, -0.1) is 0 Å². The van der Waals surface area contributed by atoms with E-state index in [4.69, 9.17) is 14.5 Å². The minimum absolute atomic E-state index is 0.0117. The fourth-order valence-corrected chi connectivity index (χ4v) is 3.79. The van der Waals surface area contributed by atoms with E-state index in [1.54, 1.807) is 6.07 Å². The van der Waals surface area contributed by atoms with Crippen molar-refractivity contribution in [3.8, 4) is 22.8 Å². The molecule has 5 rings (SSSR count). The van der Waals surface area contributed by atoms with Gasteiger partial charge in [0.25, 0.3) is 11.6 Å². The third-order valence-electron chi connectivity index (χ3n) is 5.47. The second-order valence-electron chi connectivity index (χ2n) is 7.61. The molecule has 1 aromatic heterocycles. The van der Waals surface area contributed by atoms with Gasteiger partial charge in [0.15, 0.2) is 11.5 Å². The number of hydrogen-bond donors (Lipinski definition) is 1. The van der Waals surface area contributed by atoms with Crippen LogP contribution in [-0.4, -0.2) is 28.8 Å².